The van der Waals surface area contributed by atoms with Crippen LogP contribution in [-0.4, -0.2) is 5.16 Å². The van der Waals surface area contributed by atoms with Crippen LogP contribution >= 0.6 is 7.37 Å². The summed E-state index contributed by atoms with van der Waals surface area (Å²) in [5.41, 5.74) is 2.05. The molecule has 1 heterocycles. The lowest BCUT2D eigenvalue weighted by Gasteiger charge is -2.36. The molecule has 0 aromatic heterocycles. The molecule has 1 aliphatic heterocycles. The van der Waals surface area contributed by atoms with Crippen LogP contribution in [0.4, 0.5) is 0 Å². The first kappa shape index (κ1) is 12.5. The van der Waals surface area contributed by atoms with Crippen LogP contribution in [0.5, 0.6) is 5.75 Å². The summed E-state index contributed by atoms with van der Waals surface area (Å²) in [7, 11) is -2.92. The van der Waals surface area contributed by atoms with Gasteiger partial charge in [-0.15, -0.1) is 0 Å². The van der Waals surface area contributed by atoms with Crippen molar-refractivity contribution in [2.75, 3.05) is 0 Å². The largest absolute Gasteiger partial charge is 0.439 e. The molecule has 0 bridgehead atoms. The van der Waals surface area contributed by atoms with Gasteiger partial charge < -0.3 is 4.52 Å². The van der Waals surface area contributed by atoms with Gasteiger partial charge in [-0.2, -0.15) is 0 Å². The maximum Gasteiger partial charge on any atom is 0.283 e. The highest BCUT2D eigenvalue weighted by Crippen LogP contribution is 2.62. The molecule has 0 fully saturated rings. The van der Waals surface area contributed by atoms with Gasteiger partial charge in [0.2, 0.25) is 0 Å². The third-order valence-electron chi connectivity index (χ3n) is 3.51. The van der Waals surface area contributed by atoms with Gasteiger partial charge in [-0.3, -0.25) is 4.57 Å². The standard InChI is InChI=1S/C16H17O2P/c1-16(2,3)19(17)15-11-7-5-9-13(15)12-8-4-6-10-14(12)18-19/h4-11H,1-3H3. The predicted molar refractivity (Wildman–Crippen MR) is 79.5 cm³/mol. The van der Waals surface area contributed by atoms with E-state index >= 15 is 0 Å². The van der Waals surface area contributed by atoms with Gasteiger partial charge in [0.25, 0.3) is 7.37 Å². The molecular weight excluding hydrogens is 255 g/mol. The Balaban J connectivity index is 2.35. The van der Waals surface area contributed by atoms with Crippen molar-refractivity contribution in [2.24, 2.45) is 0 Å². The Hall–Kier alpha value is -1.53. The van der Waals surface area contributed by atoms with E-state index in [-0.39, 0.29) is 0 Å². The molecule has 0 saturated heterocycles. The van der Waals surface area contributed by atoms with Crippen molar-refractivity contribution in [3.63, 3.8) is 0 Å². The van der Waals surface area contributed by atoms with Crippen molar-refractivity contribution in [3.8, 4) is 16.9 Å². The van der Waals surface area contributed by atoms with Crippen LogP contribution in [0.1, 0.15) is 20.8 Å². The van der Waals surface area contributed by atoms with E-state index in [0.717, 1.165) is 22.2 Å². The third-order valence-corrected chi connectivity index (χ3v) is 6.75. The first-order valence-corrected chi connectivity index (χ1v) is 8.05. The SMILES string of the molecule is CC(C)(C)P1(=O)Oc2ccccc2-c2ccccc21. The Morgan fingerprint density at radius 1 is 0.895 bits per heavy atom. The molecule has 2 aromatic carbocycles. The minimum atomic E-state index is -2.92. The Bertz CT molecular complexity index is 683. The van der Waals surface area contributed by atoms with E-state index in [2.05, 4.69) is 0 Å². The van der Waals surface area contributed by atoms with Crippen LogP contribution in [0.15, 0.2) is 48.5 Å². The topological polar surface area (TPSA) is 26.3 Å². The monoisotopic (exact) mass is 272 g/mol. The molecule has 2 aromatic rings. The fourth-order valence-electron chi connectivity index (χ4n) is 2.41. The normalized spacial score (nSPS) is 21.2. The zero-order chi connectivity index (χ0) is 13.7. The molecule has 0 spiro atoms. The maximum atomic E-state index is 13.4. The Kier molecular flexibility index (Phi) is 2.62. The van der Waals surface area contributed by atoms with Gasteiger partial charge in [0.1, 0.15) is 5.75 Å². The molecule has 3 heteroatoms. The summed E-state index contributed by atoms with van der Waals surface area (Å²) in [4.78, 5) is 0. The van der Waals surface area contributed by atoms with E-state index in [4.69, 9.17) is 4.52 Å². The smallest absolute Gasteiger partial charge is 0.283 e. The first-order chi connectivity index (χ1) is 8.93. The van der Waals surface area contributed by atoms with Crippen LogP contribution in [-0.2, 0) is 4.57 Å². The molecular formula is C16H17O2P. The van der Waals surface area contributed by atoms with Crippen molar-refractivity contribution in [3.05, 3.63) is 48.5 Å². The lowest BCUT2D eigenvalue weighted by atomic mass is 10.0. The number of hydrogen-bond acceptors (Lipinski definition) is 2. The van der Waals surface area contributed by atoms with Gasteiger partial charge >= 0.3 is 0 Å². The van der Waals surface area contributed by atoms with Crippen molar-refractivity contribution in [1.82, 2.24) is 0 Å². The average Bonchev–Trinajstić information content (AvgIpc) is 2.38. The van der Waals surface area contributed by atoms with E-state index in [1.54, 1.807) is 0 Å². The van der Waals surface area contributed by atoms with Crippen molar-refractivity contribution >= 4 is 12.7 Å². The molecule has 1 atom stereocenters. The van der Waals surface area contributed by atoms with E-state index in [0.29, 0.717) is 0 Å². The number of para-hydroxylation sites is 1. The summed E-state index contributed by atoms with van der Waals surface area (Å²) in [6, 6.07) is 15.7. The summed E-state index contributed by atoms with van der Waals surface area (Å²) >= 11 is 0. The number of fused-ring (bicyclic) bond motifs is 3. The lowest BCUT2D eigenvalue weighted by molar-refractivity contribution is 0.460. The highest BCUT2D eigenvalue weighted by atomic mass is 31.2. The quantitative estimate of drug-likeness (QED) is 0.662. The van der Waals surface area contributed by atoms with Gasteiger partial charge in [0.05, 0.1) is 10.5 Å². The summed E-state index contributed by atoms with van der Waals surface area (Å²) in [5, 5.41) is 0.414. The molecule has 2 nitrogen and oxygen atoms in total. The molecule has 1 unspecified atom stereocenters. The highest BCUT2D eigenvalue weighted by Gasteiger charge is 2.45. The second kappa shape index (κ2) is 3.98. The van der Waals surface area contributed by atoms with Crippen molar-refractivity contribution < 1.29 is 9.09 Å². The second-order valence-electron chi connectivity index (χ2n) is 5.83. The molecule has 3 rings (SSSR count). The second-order valence-corrected chi connectivity index (χ2v) is 8.94. The highest BCUT2D eigenvalue weighted by molar-refractivity contribution is 7.69. The third kappa shape index (κ3) is 1.74. The molecule has 98 valence electrons. The van der Waals surface area contributed by atoms with E-state index < -0.39 is 12.5 Å². The van der Waals surface area contributed by atoms with Crippen LogP contribution in [0.25, 0.3) is 11.1 Å². The van der Waals surface area contributed by atoms with Gasteiger partial charge in [-0.25, -0.2) is 0 Å². The van der Waals surface area contributed by atoms with E-state index in [1.165, 1.54) is 0 Å². The number of hydrogen-bond donors (Lipinski definition) is 0. The van der Waals surface area contributed by atoms with Crippen LogP contribution in [0.3, 0.4) is 0 Å². The van der Waals surface area contributed by atoms with E-state index in [9.17, 15) is 4.57 Å². The van der Waals surface area contributed by atoms with Gasteiger partial charge in [-0.05, 0) is 38.5 Å². The fourth-order valence-corrected chi connectivity index (χ4v) is 4.74. The lowest BCUT2D eigenvalue weighted by Crippen LogP contribution is -2.30. The average molecular weight is 272 g/mol. The predicted octanol–water partition coefficient (Wildman–Crippen LogP) is 4.45. The van der Waals surface area contributed by atoms with Crippen LogP contribution in [0.2, 0.25) is 0 Å². The van der Waals surface area contributed by atoms with E-state index in [1.807, 2.05) is 69.3 Å². The summed E-state index contributed by atoms with van der Waals surface area (Å²) in [5.74, 6) is 0.722. The minimum Gasteiger partial charge on any atom is -0.439 e. The molecule has 1 aliphatic rings. The van der Waals surface area contributed by atoms with Crippen LogP contribution in [0, 0.1) is 0 Å². The van der Waals surface area contributed by atoms with Crippen LogP contribution < -0.4 is 9.83 Å². The molecule has 0 radical (unpaired) electrons. The maximum absolute atomic E-state index is 13.4. The number of rotatable bonds is 0. The fraction of sp³-hybridized carbons (Fsp3) is 0.250. The zero-order valence-corrected chi connectivity index (χ0v) is 12.3. The molecule has 19 heavy (non-hydrogen) atoms. The zero-order valence-electron chi connectivity index (χ0n) is 11.4. The van der Waals surface area contributed by atoms with Gasteiger partial charge in [0.15, 0.2) is 0 Å². The van der Waals surface area contributed by atoms with Gasteiger partial charge in [-0.1, -0.05) is 36.4 Å². The molecule has 0 N–H and O–H groups in total. The Morgan fingerprint density at radius 3 is 2.16 bits per heavy atom. The van der Waals surface area contributed by atoms with Crippen molar-refractivity contribution in [1.29, 1.82) is 0 Å². The Labute approximate surface area is 113 Å². The molecule has 0 aliphatic carbocycles. The summed E-state index contributed by atoms with van der Waals surface area (Å²) in [6.45, 7) is 5.91. The summed E-state index contributed by atoms with van der Waals surface area (Å²) in [6.07, 6.45) is 0. The summed E-state index contributed by atoms with van der Waals surface area (Å²) < 4.78 is 19.4. The van der Waals surface area contributed by atoms with Crippen molar-refractivity contribution in [2.45, 2.75) is 25.9 Å². The number of benzene rings is 2. The Morgan fingerprint density at radius 2 is 1.47 bits per heavy atom. The molecule has 0 saturated carbocycles. The van der Waals surface area contributed by atoms with Gasteiger partial charge in [0, 0.05) is 5.56 Å². The first-order valence-electron chi connectivity index (χ1n) is 6.42. The molecule has 0 amide bonds. The minimum absolute atomic E-state index is 0.420.